The van der Waals surface area contributed by atoms with E-state index in [0.717, 1.165) is 50.5 Å². The first-order valence-electron chi connectivity index (χ1n) is 28.4. The Morgan fingerprint density at radius 2 is 1.20 bits per heavy atom. The lowest BCUT2D eigenvalue weighted by Gasteiger charge is -2.36. The molecule has 4 aliphatic heterocycles. The van der Waals surface area contributed by atoms with Crippen molar-refractivity contribution < 1.29 is 71.8 Å². The summed E-state index contributed by atoms with van der Waals surface area (Å²) >= 11 is 0. The molecule has 0 saturated heterocycles. The van der Waals surface area contributed by atoms with Gasteiger partial charge in [0.1, 0.15) is 45.3 Å². The summed E-state index contributed by atoms with van der Waals surface area (Å²) in [7, 11) is 0. The lowest BCUT2D eigenvalue weighted by Crippen LogP contribution is -2.48. The number of aromatic nitrogens is 4. The van der Waals surface area contributed by atoms with Crippen LogP contribution in [0, 0.1) is 6.92 Å². The molecule has 8 heterocycles. The number of carbonyl (C=O) groups is 6. The summed E-state index contributed by atoms with van der Waals surface area (Å²) in [5, 5.41) is 14.4. The Morgan fingerprint density at radius 1 is 0.667 bits per heavy atom. The van der Waals surface area contributed by atoms with E-state index in [2.05, 4.69) is 18.3 Å². The lowest BCUT2D eigenvalue weighted by atomic mass is 9.85. The first-order chi connectivity index (χ1) is 40.4. The normalized spacial score (nSPS) is 17.6. The Balaban J connectivity index is 0.613. The first-order valence-corrected chi connectivity index (χ1v) is 28.4. The molecule has 10 rings (SSSR count). The molecule has 3 atom stereocenters. The number of nitrogens with zero attached hydrogens (tertiary/aromatic N) is 4. The Bertz CT molecular complexity index is 3790. The number of carbonyl (C=O) groups excluding carboxylic acids is 6. The second kappa shape index (κ2) is 24.7. The molecule has 0 saturated carbocycles. The van der Waals surface area contributed by atoms with E-state index in [1.54, 1.807) is 54.2 Å². The molecule has 442 valence electrons. The van der Waals surface area contributed by atoms with Crippen LogP contribution < -0.4 is 16.4 Å². The number of phenolic OH excluding ortho intramolecular Hbond substituents is 1. The van der Waals surface area contributed by atoms with Crippen molar-refractivity contribution in [3.8, 4) is 28.5 Å². The van der Waals surface area contributed by atoms with Crippen molar-refractivity contribution in [3.05, 3.63) is 119 Å². The number of rotatable bonds is 26. The summed E-state index contributed by atoms with van der Waals surface area (Å²) in [5.41, 5.74) is 5.21. The Hall–Kier alpha value is -8.02. The fourth-order valence-electron chi connectivity index (χ4n) is 11.8. The molecule has 0 aliphatic carbocycles. The third-order valence-electron chi connectivity index (χ3n) is 16.1. The van der Waals surface area contributed by atoms with Crippen molar-refractivity contribution in [1.82, 2.24) is 24.4 Å². The number of Topliss-reactive ketones (excluding diaryl/α,β-unsaturated/α-hetero) is 2. The summed E-state index contributed by atoms with van der Waals surface area (Å²) in [6.45, 7) is 10.1. The fourth-order valence-corrected chi connectivity index (χ4v) is 11.8. The zero-order valence-electron chi connectivity index (χ0n) is 47.9. The van der Waals surface area contributed by atoms with Crippen LogP contribution in [-0.4, -0.2) is 125 Å². The fraction of sp³-hybridized carbons (Fsp3) is 0.452. The van der Waals surface area contributed by atoms with Crippen LogP contribution >= 0.6 is 0 Å². The quantitative estimate of drug-likeness (QED) is 0.0391. The molecule has 6 aromatic rings. The zero-order chi connectivity index (χ0) is 59.6. The van der Waals surface area contributed by atoms with Crippen molar-refractivity contribution in [2.75, 3.05) is 59.4 Å². The molecular formula is C62H67N5O17. The zero-order valence-corrected chi connectivity index (χ0v) is 47.9. The molecule has 1 unspecified atom stereocenters. The van der Waals surface area contributed by atoms with Gasteiger partial charge in [-0.2, -0.15) is 0 Å². The Labute approximate surface area is 482 Å². The molecule has 4 aliphatic rings. The van der Waals surface area contributed by atoms with Gasteiger partial charge in [-0.1, -0.05) is 39.3 Å². The number of nitrogens with one attached hydrogen (secondary N) is 1. The predicted molar refractivity (Wildman–Crippen MR) is 302 cm³/mol. The molecule has 22 nitrogen and oxygen atoms in total. The highest BCUT2D eigenvalue weighted by Crippen LogP contribution is 2.44. The second-order valence-electron chi connectivity index (χ2n) is 21.4. The van der Waals surface area contributed by atoms with E-state index < -0.39 is 66.1 Å². The molecule has 0 fully saturated rings. The van der Waals surface area contributed by atoms with E-state index >= 15 is 0 Å². The third-order valence-corrected chi connectivity index (χ3v) is 16.1. The van der Waals surface area contributed by atoms with Gasteiger partial charge in [0.25, 0.3) is 11.1 Å². The van der Waals surface area contributed by atoms with Crippen LogP contribution in [0.25, 0.3) is 44.6 Å². The molecule has 1 amide bonds. The minimum absolute atomic E-state index is 0.0376. The van der Waals surface area contributed by atoms with Gasteiger partial charge in [0.15, 0.2) is 17.2 Å². The van der Waals surface area contributed by atoms with E-state index in [0.29, 0.717) is 46.8 Å². The van der Waals surface area contributed by atoms with Gasteiger partial charge < -0.3 is 57.5 Å². The maximum atomic E-state index is 14.1. The summed E-state index contributed by atoms with van der Waals surface area (Å²) in [6, 6.07) is 14.4. The van der Waals surface area contributed by atoms with Crippen LogP contribution in [0.1, 0.15) is 110 Å². The number of phenols is 1. The van der Waals surface area contributed by atoms with Crippen molar-refractivity contribution in [2.24, 2.45) is 0 Å². The van der Waals surface area contributed by atoms with Gasteiger partial charge in [0.2, 0.25) is 11.5 Å². The van der Waals surface area contributed by atoms with Gasteiger partial charge >= 0.3 is 17.9 Å². The molecule has 0 bridgehead atoms. The standard InChI is InChI=1S/C62H67N5O17/c1-7-39-41-21-34(5)11-15-49(41)64-55-43(39)26-66-51(55)23-47-45(57(66)73)31-81-59(75)61(47,9-3)83-30-38(70)13-12-37(69)29-78-19-20-80-35(6)28-77-17-18-79-33-53(71)63-25-54(72)84-62(10-4)48-24-52-56-44(27-67(52)58(74)46(48)32-82-60(62)76)40(8-2)42-22-36(68)14-16-50(42)65-56/h11,14-16,21-24,35,68H,7-10,12-13,17-20,25-33H2,1-6H3,(H,63,71)/t35?,61-,62-/m0/s1. The molecule has 4 aromatic heterocycles. The highest BCUT2D eigenvalue weighted by atomic mass is 16.6. The van der Waals surface area contributed by atoms with Crippen LogP contribution in [0.15, 0.2) is 58.1 Å². The molecule has 84 heavy (non-hydrogen) atoms. The maximum Gasteiger partial charge on any atom is 0.355 e. The van der Waals surface area contributed by atoms with Gasteiger partial charge in [-0.05, 0) is 93.1 Å². The van der Waals surface area contributed by atoms with E-state index in [-0.39, 0.29) is 125 Å². The second-order valence-corrected chi connectivity index (χ2v) is 21.4. The molecule has 0 spiro atoms. The summed E-state index contributed by atoms with van der Waals surface area (Å²) in [4.78, 5) is 117. The number of benzene rings is 2. The number of aromatic hydroxyl groups is 1. The van der Waals surface area contributed by atoms with E-state index in [9.17, 15) is 43.5 Å². The van der Waals surface area contributed by atoms with Crippen molar-refractivity contribution in [3.63, 3.8) is 0 Å². The number of aryl methyl sites for hydroxylation is 3. The third kappa shape index (κ3) is 11.2. The minimum Gasteiger partial charge on any atom is -0.508 e. The number of ketones is 2. The van der Waals surface area contributed by atoms with Gasteiger partial charge in [-0.15, -0.1) is 0 Å². The lowest BCUT2D eigenvalue weighted by molar-refractivity contribution is -0.189. The number of hydrogen-bond donors (Lipinski definition) is 2. The maximum absolute atomic E-state index is 14.1. The van der Waals surface area contributed by atoms with Gasteiger partial charge in [-0.3, -0.25) is 28.8 Å². The van der Waals surface area contributed by atoms with Gasteiger partial charge in [0, 0.05) is 45.9 Å². The number of amides is 1. The average Bonchev–Trinajstić information content (AvgIpc) is 2.29. The Morgan fingerprint density at radius 3 is 1.81 bits per heavy atom. The molecule has 22 heteroatoms. The summed E-state index contributed by atoms with van der Waals surface area (Å²) in [5.74, 6) is -3.76. The monoisotopic (exact) mass is 1150 g/mol. The number of fused-ring (bicyclic) bond motifs is 10. The largest absolute Gasteiger partial charge is 0.508 e. The van der Waals surface area contributed by atoms with Crippen molar-refractivity contribution in [2.45, 2.75) is 124 Å². The predicted octanol–water partition coefficient (Wildman–Crippen LogP) is 5.38. The highest BCUT2D eigenvalue weighted by molar-refractivity contribution is 5.93. The van der Waals surface area contributed by atoms with Gasteiger partial charge in [-0.25, -0.2) is 19.6 Å². The van der Waals surface area contributed by atoms with Gasteiger partial charge in [0.05, 0.1) is 97.2 Å². The minimum atomic E-state index is -1.97. The first kappa shape index (κ1) is 59.2. The Kier molecular flexibility index (Phi) is 17.4. The van der Waals surface area contributed by atoms with Crippen LogP contribution in [-0.2, 0) is 117 Å². The topological polar surface area (TPSA) is 278 Å². The van der Waals surface area contributed by atoms with Crippen LogP contribution in [0.5, 0.6) is 5.75 Å². The number of cyclic esters (lactones) is 2. The SMILES string of the molecule is CCc1c2c(nc3ccc(C)cc13)-c1cc3c(c(=O)n1C2)COC(=O)[C@@]3(CC)OCC(=O)CCC(=O)COCCOC(C)COCCOCC(=O)NCC(=O)O[C@]1(CC)C(=O)OCc2c1cc1n(c2=O)Cc2c-1nc1ccc(O)cc1c2CC. The molecule has 0 radical (unpaired) electrons. The molecule has 2 aromatic carbocycles. The number of pyridine rings is 4. The van der Waals surface area contributed by atoms with E-state index in [1.807, 2.05) is 26.0 Å². The summed E-state index contributed by atoms with van der Waals surface area (Å²) in [6.07, 6.45) is 0.738. The van der Waals surface area contributed by atoms with E-state index in [1.165, 1.54) is 6.07 Å². The van der Waals surface area contributed by atoms with Crippen molar-refractivity contribution in [1.29, 1.82) is 0 Å². The highest BCUT2D eigenvalue weighted by Gasteiger charge is 2.51. The van der Waals surface area contributed by atoms with Crippen molar-refractivity contribution >= 4 is 57.2 Å². The number of ether oxygens (including phenoxy) is 8. The van der Waals surface area contributed by atoms with Crippen LogP contribution in [0.2, 0.25) is 0 Å². The van der Waals surface area contributed by atoms with E-state index in [4.69, 9.17) is 47.9 Å². The number of esters is 3. The smallest absolute Gasteiger partial charge is 0.355 e. The molecule has 2 N–H and O–H groups in total. The van der Waals surface area contributed by atoms with Crippen LogP contribution in [0.3, 0.4) is 0 Å². The summed E-state index contributed by atoms with van der Waals surface area (Å²) < 4.78 is 48.3. The van der Waals surface area contributed by atoms with Crippen LogP contribution in [0.4, 0.5) is 0 Å². The number of hydrogen-bond acceptors (Lipinski definition) is 19. The average molecular weight is 1150 g/mol. The molecular weight excluding hydrogens is 1090 g/mol.